The van der Waals surface area contributed by atoms with E-state index in [1.54, 1.807) is 36.4 Å². The lowest BCUT2D eigenvalue weighted by molar-refractivity contribution is 0.0994. The molecule has 0 spiro atoms. The molecule has 144 valence electrons. The van der Waals surface area contributed by atoms with E-state index in [1.807, 2.05) is 0 Å². The fourth-order valence-electron chi connectivity index (χ4n) is 2.34. The molecule has 0 saturated heterocycles. The smallest absolute Gasteiger partial charge is 0.291 e. The summed E-state index contributed by atoms with van der Waals surface area (Å²) in [6, 6.07) is 15.8. The number of amides is 2. The third-order valence-corrected chi connectivity index (χ3v) is 4.20. The zero-order chi connectivity index (χ0) is 20.1. The maximum Gasteiger partial charge on any atom is 0.291 e. The summed E-state index contributed by atoms with van der Waals surface area (Å²) in [4.78, 5) is 24.2. The van der Waals surface area contributed by atoms with Crippen molar-refractivity contribution in [3.8, 4) is 0 Å². The molecule has 2 aromatic carbocycles. The van der Waals surface area contributed by atoms with E-state index in [0.717, 1.165) is 6.26 Å². The summed E-state index contributed by atoms with van der Waals surface area (Å²) in [7, 11) is -3.37. The van der Waals surface area contributed by atoms with Crippen LogP contribution in [-0.2, 0) is 10.0 Å². The molecule has 0 radical (unpaired) electrons. The minimum Gasteiger partial charge on any atom is -0.459 e. The van der Waals surface area contributed by atoms with Gasteiger partial charge in [0, 0.05) is 22.6 Å². The standard InChI is InChI=1S/C19H17N3O5S/c1-28(25,26)22-16-6-4-13(5-7-16)18(23)20-14-8-10-15(11-9-14)21-19(24)17-3-2-12-27-17/h2-12,22H,1H3,(H,20,23)(H,21,24). The quantitative estimate of drug-likeness (QED) is 0.588. The van der Waals surface area contributed by atoms with Crippen LogP contribution >= 0.6 is 0 Å². The fourth-order valence-corrected chi connectivity index (χ4v) is 2.91. The maximum atomic E-state index is 12.3. The van der Waals surface area contributed by atoms with Crippen LogP contribution in [0, 0.1) is 0 Å². The molecule has 3 aromatic rings. The lowest BCUT2D eigenvalue weighted by atomic mass is 10.2. The van der Waals surface area contributed by atoms with Crippen LogP contribution in [0.5, 0.6) is 0 Å². The van der Waals surface area contributed by atoms with Gasteiger partial charge in [-0.3, -0.25) is 14.3 Å². The van der Waals surface area contributed by atoms with Crippen LogP contribution < -0.4 is 15.4 Å². The molecule has 1 heterocycles. The summed E-state index contributed by atoms with van der Waals surface area (Å²) >= 11 is 0. The zero-order valence-electron chi connectivity index (χ0n) is 14.8. The van der Waals surface area contributed by atoms with Crippen LogP contribution in [-0.4, -0.2) is 26.5 Å². The van der Waals surface area contributed by atoms with Gasteiger partial charge >= 0.3 is 0 Å². The lowest BCUT2D eigenvalue weighted by Crippen LogP contribution is -2.13. The van der Waals surface area contributed by atoms with Crippen LogP contribution in [0.4, 0.5) is 17.1 Å². The van der Waals surface area contributed by atoms with Crippen LogP contribution in [0.25, 0.3) is 0 Å². The Bertz CT molecular complexity index is 1070. The second-order valence-electron chi connectivity index (χ2n) is 5.91. The molecule has 3 rings (SSSR count). The van der Waals surface area contributed by atoms with Gasteiger partial charge < -0.3 is 15.1 Å². The second-order valence-corrected chi connectivity index (χ2v) is 7.66. The first kappa shape index (κ1) is 19.2. The molecular weight excluding hydrogens is 382 g/mol. The third kappa shape index (κ3) is 5.21. The van der Waals surface area contributed by atoms with Crippen molar-refractivity contribution in [2.24, 2.45) is 0 Å². The highest BCUT2D eigenvalue weighted by Gasteiger charge is 2.10. The predicted molar refractivity (Wildman–Crippen MR) is 106 cm³/mol. The van der Waals surface area contributed by atoms with Crippen LogP contribution in [0.1, 0.15) is 20.9 Å². The summed E-state index contributed by atoms with van der Waals surface area (Å²) in [5, 5.41) is 5.41. The Morgan fingerprint density at radius 2 is 1.32 bits per heavy atom. The minimum absolute atomic E-state index is 0.200. The van der Waals surface area contributed by atoms with Gasteiger partial charge in [-0.05, 0) is 60.7 Å². The molecule has 0 aliphatic rings. The summed E-state index contributed by atoms with van der Waals surface area (Å²) in [6.45, 7) is 0. The van der Waals surface area contributed by atoms with Crippen molar-refractivity contribution in [2.75, 3.05) is 21.6 Å². The molecule has 8 nitrogen and oxygen atoms in total. The van der Waals surface area contributed by atoms with E-state index in [9.17, 15) is 18.0 Å². The lowest BCUT2D eigenvalue weighted by Gasteiger charge is -2.08. The number of nitrogens with one attached hydrogen (secondary N) is 3. The molecule has 0 aliphatic carbocycles. The van der Waals surface area contributed by atoms with E-state index in [-0.39, 0.29) is 17.6 Å². The van der Waals surface area contributed by atoms with Gasteiger partial charge in [-0.15, -0.1) is 0 Å². The Kier molecular flexibility index (Phi) is 5.46. The van der Waals surface area contributed by atoms with Crippen molar-refractivity contribution >= 4 is 38.9 Å². The van der Waals surface area contributed by atoms with Crippen molar-refractivity contribution in [3.05, 3.63) is 78.3 Å². The van der Waals surface area contributed by atoms with Crippen molar-refractivity contribution in [1.29, 1.82) is 0 Å². The van der Waals surface area contributed by atoms with E-state index in [2.05, 4.69) is 15.4 Å². The van der Waals surface area contributed by atoms with E-state index >= 15 is 0 Å². The number of carbonyl (C=O) groups is 2. The average molecular weight is 399 g/mol. The number of hydrogen-bond donors (Lipinski definition) is 3. The fraction of sp³-hybridized carbons (Fsp3) is 0.0526. The van der Waals surface area contributed by atoms with Gasteiger partial charge in [-0.2, -0.15) is 0 Å². The molecule has 0 aliphatic heterocycles. The topological polar surface area (TPSA) is 118 Å². The molecule has 2 amide bonds. The molecule has 9 heteroatoms. The Morgan fingerprint density at radius 1 is 0.786 bits per heavy atom. The molecule has 1 aromatic heterocycles. The Labute approximate surface area is 161 Å². The zero-order valence-corrected chi connectivity index (χ0v) is 15.6. The highest BCUT2D eigenvalue weighted by molar-refractivity contribution is 7.92. The normalized spacial score (nSPS) is 10.9. The average Bonchev–Trinajstić information content (AvgIpc) is 3.17. The van der Waals surface area contributed by atoms with E-state index < -0.39 is 10.0 Å². The number of anilines is 3. The Morgan fingerprint density at radius 3 is 1.82 bits per heavy atom. The van der Waals surface area contributed by atoms with Gasteiger partial charge in [-0.1, -0.05) is 0 Å². The van der Waals surface area contributed by atoms with Gasteiger partial charge in [0.1, 0.15) is 0 Å². The SMILES string of the molecule is CS(=O)(=O)Nc1ccc(C(=O)Nc2ccc(NC(=O)c3ccco3)cc2)cc1. The van der Waals surface area contributed by atoms with Crippen molar-refractivity contribution in [2.45, 2.75) is 0 Å². The third-order valence-electron chi connectivity index (χ3n) is 3.60. The second kappa shape index (κ2) is 7.97. The van der Waals surface area contributed by atoms with Crippen molar-refractivity contribution < 1.29 is 22.4 Å². The molecule has 3 N–H and O–H groups in total. The van der Waals surface area contributed by atoms with Crippen LogP contribution in [0.15, 0.2) is 71.3 Å². The van der Waals surface area contributed by atoms with Crippen molar-refractivity contribution in [1.82, 2.24) is 0 Å². The molecule has 0 bridgehead atoms. The molecule has 28 heavy (non-hydrogen) atoms. The highest BCUT2D eigenvalue weighted by Crippen LogP contribution is 2.17. The van der Waals surface area contributed by atoms with Gasteiger partial charge in [-0.25, -0.2) is 8.42 Å². The number of carbonyl (C=O) groups excluding carboxylic acids is 2. The van der Waals surface area contributed by atoms with Gasteiger partial charge in [0.25, 0.3) is 11.8 Å². The first-order valence-corrected chi connectivity index (χ1v) is 10.0. The van der Waals surface area contributed by atoms with Crippen LogP contribution in [0.2, 0.25) is 0 Å². The first-order valence-electron chi connectivity index (χ1n) is 8.14. The van der Waals surface area contributed by atoms with E-state index in [1.165, 1.54) is 30.5 Å². The summed E-state index contributed by atoms with van der Waals surface area (Å²) in [5.41, 5.74) is 1.83. The molecule has 0 fully saturated rings. The number of hydrogen-bond acceptors (Lipinski definition) is 5. The highest BCUT2D eigenvalue weighted by atomic mass is 32.2. The monoisotopic (exact) mass is 399 g/mol. The Hall–Kier alpha value is -3.59. The summed E-state index contributed by atoms with van der Waals surface area (Å²) < 4.78 is 29.7. The largest absolute Gasteiger partial charge is 0.459 e. The Balaban J connectivity index is 1.60. The van der Waals surface area contributed by atoms with Crippen LogP contribution in [0.3, 0.4) is 0 Å². The van der Waals surface area contributed by atoms with Gasteiger partial charge in [0.05, 0.1) is 12.5 Å². The number of rotatable bonds is 6. The maximum absolute atomic E-state index is 12.3. The number of sulfonamides is 1. The van der Waals surface area contributed by atoms with E-state index in [4.69, 9.17) is 4.42 Å². The summed E-state index contributed by atoms with van der Waals surface area (Å²) in [6.07, 6.45) is 2.46. The predicted octanol–water partition coefficient (Wildman–Crippen LogP) is 3.16. The number of benzene rings is 2. The molecule has 0 unspecified atom stereocenters. The molecule has 0 atom stereocenters. The van der Waals surface area contributed by atoms with Crippen molar-refractivity contribution in [3.63, 3.8) is 0 Å². The van der Waals surface area contributed by atoms with Gasteiger partial charge in [0.15, 0.2) is 5.76 Å². The van der Waals surface area contributed by atoms with E-state index in [0.29, 0.717) is 22.6 Å². The summed E-state index contributed by atoms with van der Waals surface area (Å²) in [5.74, 6) is -0.519. The number of furan rings is 1. The molecular formula is C19H17N3O5S. The van der Waals surface area contributed by atoms with Gasteiger partial charge in [0.2, 0.25) is 10.0 Å². The minimum atomic E-state index is -3.37. The molecule has 0 saturated carbocycles. The first-order chi connectivity index (χ1) is 13.3.